The average molecular weight is 400 g/mol. The molecule has 0 spiro atoms. The van der Waals surface area contributed by atoms with Gasteiger partial charge in [0, 0.05) is 17.7 Å². The van der Waals surface area contributed by atoms with E-state index >= 15 is 0 Å². The molecule has 0 saturated heterocycles. The molecule has 1 aromatic heterocycles. The van der Waals surface area contributed by atoms with E-state index in [4.69, 9.17) is 5.10 Å². The zero-order valence-electron chi connectivity index (χ0n) is 17.6. The van der Waals surface area contributed by atoms with Crippen molar-refractivity contribution in [3.8, 4) is 28.1 Å². The third-order valence-corrected chi connectivity index (χ3v) is 5.49. The molecule has 0 aliphatic rings. The summed E-state index contributed by atoms with van der Waals surface area (Å²) in [6.07, 6.45) is 0. The highest BCUT2D eigenvalue weighted by molar-refractivity contribution is 5.69. The molecule has 0 fully saturated rings. The lowest BCUT2D eigenvalue weighted by Gasteiger charge is -2.16. The third kappa shape index (κ3) is 4.05. The number of rotatable bonds is 6. The van der Waals surface area contributed by atoms with Crippen LogP contribution in [0.5, 0.6) is 0 Å². The van der Waals surface area contributed by atoms with Crippen molar-refractivity contribution in [2.75, 3.05) is 13.6 Å². The van der Waals surface area contributed by atoms with Crippen molar-refractivity contribution in [2.45, 2.75) is 20.4 Å². The van der Waals surface area contributed by atoms with Gasteiger partial charge in [0.1, 0.15) is 5.82 Å². The van der Waals surface area contributed by atoms with Crippen LogP contribution < -0.4 is 0 Å². The molecule has 3 aromatic carbocycles. The molecule has 0 amide bonds. The molecule has 152 valence electrons. The Morgan fingerprint density at radius 1 is 0.833 bits per heavy atom. The van der Waals surface area contributed by atoms with Gasteiger partial charge in [-0.25, -0.2) is 9.07 Å². The summed E-state index contributed by atoms with van der Waals surface area (Å²) in [6.45, 7) is 6.07. The van der Waals surface area contributed by atoms with Crippen LogP contribution in [0.3, 0.4) is 0 Å². The molecule has 0 aliphatic heterocycles. The fourth-order valence-corrected chi connectivity index (χ4v) is 3.65. The molecule has 0 atom stereocenters. The van der Waals surface area contributed by atoms with Crippen molar-refractivity contribution < 1.29 is 4.39 Å². The van der Waals surface area contributed by atoms with E-state index in [2.05, 4.69) is 74.3 Å². The molecular weight excluding hydrogens is 373 g/mol. The Labute approximate surface area is 177 Å². The predicted molar refractivity (Wildman–Crippen MR) is 121 cm³/mol. The molecule has 3 nitrogen and oxygen atoms in total. The number of halogens is 1. The van der Waals surface area contributed by atoms with Crippen LogP contribution in [0, 0.1) is 12.7 Å². The smallest absolute Gasteiger partial charge is 0.123 e. The Kier molecular flexibility index (Phi) is 5.77. The maximum absolute atomic E-state index is 13.2. The monoisotopic (exact) mass is 399 g/mol. The van der Waals surface area contributed by atoms with E-state index < -0.39 is 0 Å². The first-order chi connectivity index (χ1) is 14.6. The maximum atomic E-state index is 13.2. The van der Waals surface area contributed by atoms with E-state index in [9.17, 15) is 4.39 Å². The van der Waals surface area contributed by atoms with Gasteiger partial charge in [-0.05, 0) is 55.9 Å². The van der Waals surface area contributed by atoms with Crippen LogP contribution in [0.25, 0.3) is 28.1 Å². The number of hydrogen-bond donors (Lipinski definition) is 0. The Morgan fingerprint density at radius 3 is 2.03 bits per heavy atom. The molecular formula is C26H26FN3. The van der Waals surface area contributed by atoms with Crippen molar-refractivity contribution in [1.82, 2.24) is 14.7 Å². The lowest BCUT2D eigenvalue weighted by molar-refractivity contribution is 0.345. The summed E-state index contributed by atoms with van der Waals surface area (Å²) < 4.78 is 15.3. The number of aryl methyl sites for hydroxylation is 1. The summed E-state index contributed by atoms with van der Waals surface area (Å²) in [5.41, 5.74) is 7.62. The van der Waals surface area contributed by atoms with Gasteiger partial charge in [-0.15, -0.1) is 0 Å². The topological polar surface area (TPSA) is 21.1 Å². The van der Waals surface area contributed by atoms with Crippen LogP contribution in [0.15, 0.2) is 78.9 Å². The van der Waals surface area contributed by atoms with Crippen molar-refractivity contribution in [2.24, 2.45) is 0 Å². The van der Waals surface area contributed by atoms with Crippen LogP contribution >= 0.6 is 0 Å². The van der Waals surface area contributed by atoms with Gasteiger partial charge in [0.2, 0.25) is 0 Å². The van der Waals surface area contributed by atoms with E-state index in [-0.39, 0.29) is 5.82 Å². The van der Waals surface area contributed by atoms with Gasteiger partial charge in [-0.1, -0.05) is 61.5 Å². The quantitative estimate of drug-likeness (QED) is 0.390. The first-order valence-corrected chi connectivity index (χ1v) is 10.3. The molecule has 1 heterocycles. The normalized spacial score (nSPS) is 11.2. The lowest BCUT2D eigenvalue weighted by atomic mass is 10.0. The Morgan fingerprint density at radius 2 is 1.43 bits per heavy atom. The van der Waals surface area contributed by atoms with Crippen molar-refractivity contribution in [1.29, 1.82) is 0 Å². The maximum Gasteiger partial charge on any atom is 0.123 e. The fourth-order valence-electron chi connectivity index (χ4n) is 3.65. The molecule has 0 saturated carbocycles. The summed E-state index contributed by atoms with van der Waals surface area (Å²) in [5.74, 6) is -0.223. The lowest BCUT2D eigenvalue weighted by Crippen LogP contribution is -2.17. The molecule has 4 rings (SSSR count). The Balaban J connectivity index is 1.78. The first-order valence-electron chi connectivity index (χ1n) is 10.3. The van der Waals surface area contributed by atoms with Crippen LogP contribution in [0.2, 0.25) is 0 Å². The molecule has 0 N–H and O–H groups in total. The molecule has 30 heavy (non-hydrogen) atoms. The summed E-state index contributed by atoms with van der Waals surface area (Å²) >= 11 is 0. The molecule has 0 aliphatic carbocycles. The highest BCUT2D eigenvalue weighted by Crippen LogP contribution is 2.31. The largest absolute Gasteiger partial charge is 0.302 e. The standard InChI is InChI=1S/C26H26FN3/c1-4-29(3)18-25-19(2)28-30(26(25)22-8-6-5-7-9-22)24-16-12-21(13-17-24)20-10-14-23(27)15-11-20/h5-17H,4,18H2,1-3H3. The molecule has 4 aromatic rings. The first kappa shape index (κ1) is 20.0. The highest BCUT2D eigenvalue weighted by Gasteiger charge is 2.19. The van der Waals surface area contributed by atoms with Crippen LogP contribution in [0.4, 0.5) is 4.39 Å². The van der Waals surface area contributed by atoms with Gasteiger partial charge in [-0.2, -0.15) is 5.10 Å². The zero-order valence-corrected chi connectivity index (χ0v) is 17.6. The molecule has 0 bridgehead atoms. The minimum Gasteiger partial charge on any atom is -0.302 e. The zero-order chi connectivity index (χ0) is 21.1. The Hall–Kier alpha value is -3.24. The summed E-state index contributed by atoms with van der Waals surface area (Å²) in [5, 5.41) is 4.90. The summed E-state index contributed by atoms with van der Waals surface area (Å²) in [6, 6.07) is 25.3. The molecule has 0 radical (unpaired) electrons. The second-order valence-electron chi connectivity index (χ2n) is 7.57. The van der Waals surface area contributed by atoms with E-state index in [0.717, 1.165) is 46.9 Å². The minimum absolute atomic E-state index is 0.223. The van der Waals surface area contributed by atoms with Crippen LogP contribution in [0.1, 0.15) is 18.2 Å². The van der Waals surface area contributed by atoms with Crippen molar-refractivity contribution >= 4 is 0 Å². The van der Waals surface area contributed by atoms with Gasteiger partial charge >= 0.3 is 0 Å². The SMILES string of the molecule is CCN(C)Cc1c(C)nn(-c2ccc(-c3ccc(F)cc3)cc2)c1-c1ccccc1. The van der Waals surface area contributed by atoms with Gasteiger partial charge < -0.3 is 4.90 Å². The predicted octanol–water partition coefficient (Wildman–Crippen LogP) is 6.11. The number of hydrogen-bond acceptors (Lipinski definition) is 2. The summed E-state index contributed by atoms with van der Waals surface area (Å²) in [7, 11) is 2.13. The van der Waals surface area contributed by atoms with E-state index in [1.165, 1.54) is 17.7 Å². The van der Waals surface area contributed by atoms with Gasteiger partial charge in [0.05, 0.1) is 17.1 Å². The average Bonchev–Trinajstić information content (AvgIpc) is 3.11. The van der Waals surface area contributed by atoms with E-state index in [1.807, 2.05) is 10.7 Å². The second-order valence-corrected chi connectivity index (χ2v) is 7.57. The van der Waals surface area contributed by atoms with E-state index in [0.29, 0.717) is 0 Å². The third-order valence-electron chi connectivity index (χ3n) is 5.49. The fraction of sp³-hybridized carbons (Fsp3) is 0.192. The van der Waals surface area contributed by atoms with Crippen molar-refractivity contribution in [3.05, 3.63) is 95.9 Å². The summed E-state index contributed by atoms with van der Waals surface area (Å²) in [4.78, 5) is 2.29. The molecule has 4 heteroatoms. The van der Waals surface area contributed by atoms with E-state index in [1.54, 1.807) is 12.1 Å². The number of aromatic nitrogens is 2. The van der Waals surface area contributed by atoms with Crippen molar-refractivity contribution in [3.63, 3.8) is 0 Å². The van der Waals surface area contributed by atoms with Gasteiger partial charge in [0.15, 0.2) is 0 Å². The van der Waals surface area contributed by atoms with Gasteiger partial charge in [-0.3, -0.25) is 0 Å². The number of benzene rings is 3. The van der Waals surface area contributed by atoms with Crippen LogP contribution in [-0.2, 0) is 6.54 Å². The molecule has 0 unspecified atom stereocenters. The Bertz CT molecular complexity index is 1110. The van der Waals surface area contributed by atoms with Crippen LogP contribution in [-0.4, -0.2) is 28.3 Å². The second kappa shape index (κ2) is 8.64. The number of nitrogens with zero attached hydrogens (tertiary/aromatic N) is 3. The van der Waals surface area contributed by atoms with Gasteiger partial charge in [0.25, 0.3) is 0 Å². The highest BCUT2D eigenvalue weighted by atomic mass is 19.1. The minimum atomic E-state index is -0.223.